The first-order valence-electron chi connectivity index (χ1n) is 5.97. The van der Waals surface area contributed by atoms with E-state index in [1.165, 1.54) is 0 Å². The Kier molecular flexibility index (Phi) is 6.81. The van der Waals surface area contributed by atoms with Crippen molar-refractivity contribution in [1.82, 2.24) is 9.97 Å². The van der Waals surface area contributed by atoms with Crippen molar-refractivity contribution in [1.29, 1.82) is 0 Å². The summed E-state index contributed by atoms with van der Waals surface area (Å²) < 4.78 is 0. The highest BCUT2D eigenvalue weighted by Crippen LogP contribution is 2.29. The van der Waals surface area contributed by atoms with Crippen molar-refractivity contribution in [3.05, 3.63) is 44.5 Å². The first kappa shape index (κ1) is 18.1. The van der Waals surface area contributed by atoms with Crippen LogP contribution in [-0.4, -0.2) is 9.97 Å². The molecular formula is C13H14Cl4N4. The third-order valence-corrected chi connectivity index (χ3v) is 3.97. The number of aryl methyl sites for hydroxylation is 2. The zero-order valence-corrected chi connectivity index (χ0v) is 14.0. The number of nitrogen functional groups attached to an aromatic ring is 2. The minimum Gasteiger partial charge on any atom is -0.383 e. The van der Waals surface area contributed by atoms with Crippen LogP contribution in [0.3, 0.4) is 0 Å². The summed E-state index contributed by atoms with van der Waals surface area (Å²) in [5, 5.41) is 1.57. The summed E-state index contributed by atoms with van der Waals surface area (Å²) in [6.45, 7) is 0. The normalized spacial score (nSPS) is 10.2. The molecule has 0 unspecified atom stereocenters. The van der Waals surface area contributed by atoms with Crippen molar-refractivity contribution < 1.29 is 0 Å². The predicted octanol–water partition coefficient (Wildman–Crippen LogP) is 4.20. The molecule has 2 aromatic rings. The molecule has 0 radical (unpaired) electrons. The average Bonchev–Trinajstić information content (AvgIpc) is 2.38. The van der Waals surface area contributed by atoms with Gasteiger partial charge in [0.2, 0.25) is 5.95 Å². The molecule has 0 amide bonds. The Morgan fingerprint density at radius 1 is 0.905 bits per heavy atom. The number of halogens is 4. The molecule has 0 aliphatic heterocycles. The highest BCUT2D eigenvalue weighted by molar-refractivity contribution is 6.43. The van der Waals surface area contributed by atoms with E-state index in [1.807, 2.05) is 0 Å². The van der Waals surface area contributed by atoms with Crippen LogP contribution in [0.1, 0.15) is 17.5 Å². The molecule has 0 atom stereocenters. The van der Waals surface area contributed by atoms with E-state index in [4.69, 9.17) is 46.3 Å². The molecule has 1 aromatic heterocycles. The number of nitrogens with zero attached hydrogens (tertiary/aromatic N) is 2. The Balaban J connectivity index is 0.00000220. The Hall–Kier alpha value is -0.940. The SMILES string of the molecule is Cl.Nc1ncc(CCCc2cc(Cl)c(Cl)cc2Cl)c(N)n1. The molecule has 114 valence electrons. The van der Waals surface area contributed by atoms with Crippen molar-refractivity contribution in [3.63, 3.8) is 0 Å². The second kappa shape index (κ2) is 7.90. The lowest BCUT2D eigenvalue weighted by atomic mass is 10.1. The first-order chi connectivity index (χ1) is 9.47. The zero-order chi connectivity index (χ0) is 14.7. The maximum absolute atomic E-state index is 6.13. The molecule has 2 rings (SSSR count). The summed E-state index contributed by atoms with van der Waals surface area (Å²) in [4.78, 5) is 7.85. The standard InChI is InChI=1S/C13H13Cl3N4.ClH/c14-9-5-11(16)10(15)4-7(9)2-1-3-8-6-19-13(18)20-12(8)17;/h4-6H,1-3H2,(H4,17,18,19,20);1H. The van der Waals surface area contributed by atoms with Crippen molar-refractivity contribution >= 4 is 59.0 Å². The van der Waals surface area contributed by atoms with Crippen LogP contribution in [-0.2, 0) is 12.8 Å². The van der Waals surface area contributed by atoms with Gasteiger partial charge in [0.25, 0.3) is 0 Å². The summed E-state index contributed by atoms with van der Waals surface area (Å²) in [7, 11) is 0. The van der Waals surface area contributed by atoms with Gasteiger partial charge in [-0.15, -0.1) is 12.4 Å². The monoisotopic (exact) mass is 366 g/mol. The van der Waals surface area contributed by atoms with Gasteiger partial charge in [0, 0.05) is 16.8 Å². The fourth-order valence-corrected chi connectivity index (χ4v) is 2.52. The largest absolute Gasteiger partial charge is 0.383 e. The smallest absolute Gasteiger partial charge is 0.221 e. The molecule has 0 saturated heterocycles. The zero-order valence-electron chi connectivity index (χ0n) is 10.9. The Labute approximate surface area is 144 Å². The topological polar surface area (TPSA) is 77.8 Å². The third kappa shape index (κ3) is 4.78. The van der Waals surface area contributed by atoms with E-state index >= 15 is 0 Å². The summed E-state index contributed by atoms with van der Waals surface area (Å²) in [5.41, 5.74) is 13.1. The van der Waals surface area contributed by atoms with E-state index in [2.05, 4.69) is 9.97 Å². The molecule has 8 heteroatoms. The number of hydrogen-bond donors (Lipinski definition) is 2. The third-order valence-electron chi connectivity index (χ3n) is 2.90. The Morgan fingerprint density at radius 3 is 2.19 bits per heavy atom. The van der Waals surface area contributed by atoms with E-state index in [9.17, 15) is 0 Å². The molecule has 4 nitrogen and oxygen atoms in total. The minimum absolute atomic E-state index is 0. The van der Waals surface area contributed by atoms with Crippen LogP contribution in [0, 0.1) is 0 Å². The highest BCUT2D eigenvalue weighted by atomic mass is 35.5. The van der Waals surface area contributed by atoms with Gasteiger partial charge >= 0.3 is 0 Å². The van der Waals surface area contributed by atoms with E-state index in [0.717, 1.165) is 30.4 Å². The van der Waals surface area contributed by atoms with E-state index in [1.54, 1.807) is 18.3 Å². The Bertz CT molecular complexity index is 634. The summed E-state index contributed by atoms with van der Waals surface area (Å²) in [5.74, 6) is 0.594. The van der Waals surface area contributed by atoms with Gasteiger partial charge in [0.1, 0.15) is 5.82 Å². The summed E-state index contributed by atoms with van der Waals surface area (Å²) in [6, 6.07) is 3.44. The van der Waals surface area contributed by atoms with Gasteiger partial charge in [-0.3, -0.25) is 0 Å². The lowest BCUT2D eigenvalue weighted by Crippen LogP contribution is -2.04. The number of benzene rings is 1. The molecule has 0 fully saturated rings. The number of nitrogens with two attached hydrogens (primary N) is 2. The van der Waals surface area contributed by atoms with Crippen LogP contribution in [0.25, 0.3) is 0 Å². The lowest BCUT2D eigenvalue weighted by Gasteiger charge is -2.08. The molecule has 0 saturated carbocycles. The molecule has 0 spiro atoms. The van der Waals surface area contributed by atoms with Crippen LogP contribution < -0.4 is 11.5 Å². The van der Waals surface area contributed by atoms with Gasteiger partial charge in [-0.2, -0.15) is 4.98 Å². The molecular weight excluding hydrogens is 354 g/mol. The van der Waals surface area contributed by atoms with Crippen LogP contribution >= 0.6 is 47.2 Å². The predicted molar refractivity (Wildman–Crippen MR) is 91.6 cm³/mol. The summed E-state index contributed by atoms with van der Waals surface area (Å²) in [6.07, 6.45) is 3.99. The van der Waals surface area contributed by atoms with E-state index in [0.29, 0.717) is 20.9 Å². The fourth-order valence-electron chi connectivity index (χ4n) is 1.85. The van der Waals surface area contributed by atoms with Crippen molar-refractivity contribution in [3.8, 4) is 0 Å². The lowest BCUT2D eigenvalue weighted by molar-refractivity contribution is 0.815. The Morgan fingerprint density at radius 2 is 1.52 bits per heavy atom. The first-order valence-corrected chi connectivity index (χ1v) is 7.11. The van der Waals surface area contributed by atoms with Gasteiger partial charge in [0.15, 0.2) is 0 Å². The van der Waals surface area contributed by atoms with Crippen LogP contribution in [0.4, 0.5) is 11.8 Å². The molecule has 0 aliphatic carbocycles. The highest BCUT2D eigenvalue weighted by Gasteiger charge is 2.07. The van der Waals surface area contributed by atoms with Gasteiger partial charge in [0.05, 0.1) is 10.0 Å². The number of aromatic nitrogens is 2. The van der Waals surface area contributed by atoms with Gasteiger partial charge < -0.3 is 11.5 Å². The number of anilines is 2. The van der Waals surface area contributed by atoms with Crippen LogP contribution in [0.15, 0.2) is 18.3 Å². The van der Waals surface area contributed by atoms with Crippen molar-refractivity contribution in [2.24, 2.45) is 0 Å². The van der Waals surface area contributed by atoms with Gasteiger partial charge in [-0.1, -0.05) is 34.8 Å². The molecule has 0 aliphatic rings. The number of hydrogen-bond acceptors (Lipinski definition) is 4. The second-order valence-corrected chi connectivity index (χ2v) is 5.57. The van der Waals surface area contributed by atoms with Gasteiger partial charge in [-0.05, 0) is 37.0 Å². The minimum atomic E-state index is 0. The molecule has 0 bridgehead atoms. The maximum Gasteiger partial charge on any atom is 0.221 e. The average molecular weight is 368 g/mol. The van der Waals surface area contributed by atoms with Crippen molar-refractivity contribution in [2.75, 3.05) is 11.5 Å². The second-order valence-electron chi connectivity index (χ2n) is 4.35. The van der Waals surface area contributed by atoms with E-state index < -0.39 is 0 Å². The van der Waals surface area contributed by atoms with E-state index in [-0.39, 0.29) is 18.4 Å². The molecule has 1 aromatic carbocycles. The molecule has 4 N–H and O–H groups in total. The summed E-state index contributed by atoms with van der Waals surface area (Å²) >= 11 is 18.0. The van der Waals surface area contributed by atoms with Crippen molar-refractivity contribution in [2.45, 2.75) is 19.3 Å². The van der Waals surface area contributed by atoms with Gasteiger partial charge in [-0.25, -0.2) is 4.98 Å². The molecule has 1 heterocycles. The quantitative estimate of drug-likeness (QED) is 0.793. The molecule has 21 heavy (non-hydrogen) atoms. The number of rotatable bonds is 4. The maximum atomic E-state index is 6.13. The van der Waals surface area contributed by atoms with Crippen LogP contribution in [0.5, 0.6) is 0 Å². The fraction of sp³-hybridized carbons (Fsp3) is 0.231. The van der Waals surface area contributed by atoms with Crippen LogP contribution in [0.2, 0.25) is 15.1 Å².